The molecule has 0 saturated carbocycles. The Labute approximate surface area is 97.0 Å². The molecule has 4 nitrogen and oxygen atoms in total. The van der Waals surface area contributed by atoms with Gasteiger partial charge in [0.1, 0.15) is 0 Å². The van der Waals surface area contributed by atoms with E-state index in [0.29, 0.717) is 21.2 Å². The molecule has 2 rings (SSSR count). The van der Waals surface area contributed by atoms with Crippen molar-refractivity contribution in [2.45, 2.75) is 0 Å². The predicted octanol–water partition coefficient (Wildman–Crippen LogP) is 1.65. The summed E-state index contributed by atoms with van der Waals surface area (Å²) in [6.07, 6.45) is 1.25. The van der Waals surface area contributed by atoms with Crippen molar-refractivity contribution in [1.29, 1.82) is 0 Å². The van der Waals surface area contributed by atoms with Crippen LogP contribution in [0, 0.1) is 0 Å². The molecule has 0 aromatic heterocycles. The van der Waals surface area contributed by atoms with Crippen molar-refractivity contribution in [1.82, 2.24) is 5.06 Å². The number of rotatable bonds is 2. The second-order valence-electron chi connectivity index (χ2n) is 3.19. The molecule has 0 radical (unpaired) electrons. The second-order valence-corrected chi connectivity index (χ2v) is 3.62. The number of amides is 2. The normalized spacial score (nSPS) is 15.6. The fraction of sp³-hybridized carbons (Fsp3) is 0.0909. The molecule has 1 aromatic rings. The molecule has 1 aliphatic heterocycles. The van der Waals surface area contributed by atoms with Gasteiger partial charge in [-0.3, -0.25) is 14.4 Å². The first-order valence-electron chi connectivity index (χ1n) is 4.53. The molecule has 1 aliphatic rings. The summed E-state index contributed by atoms with van der Waals surface area (Å²) < 4.78 is 0. The van der Waals surface area contributed by atoms with Crippen molar-refractivity contribution in [3.63, 3.8) is 0 Å². The number of hydrogen-bond donors (Lipinski definition) is 0. The van der Waals surface area contributed by atoms with Gasteiger partial charge in [-0.05, 0) is 17.7 Å². The van der Waals surface area contributed by atoms with Gasteiger partial charge >= 0.3 is 0 Å². The molecule has 1 aromatic carbocycles. The third-order valence-electron chi connectivity index (χ3n) is 2.22. The number of benzene rings is 1. The number of nitrogens with zero attached hydrogens (tertiary/aromatic N) is 1. The Morgan fingerprint density at radius 3 is 2.31 bits per heavy atom. The predicted molar refractivity (Wildman–Crippen MR) is 58.3 cm³/mol. The monoisotopic (exact) mass is 237 g/mol. The number of hydroxylamine groups is 2. The van der Waals surface area contributed by atoms with Crippen LogP contribution in [0.25, 0.3) is 5.57 Å². The average molecular weight is 238 g/mol. The zero-order valence-corrected chi connectivity index (χ0v) is 9.19. The minimum absolute atomic E-state index is 0.309. The molecule has 0 unspecified atom stereocenters. The Hall–Kier alpha value is -1.65. The van der Waals surface area contributed by atoms with Gasteiger partial charge in [0, 0.05) is 11.1 Å². The summed E-state index contributed by atoms with van der Waals surface area (Å²) in [4.78, 5) is 27.7. The zero-order chi connectivity index (χ0) is 11.7. The van der Waals surface area contributed by atoms with Crippen molar-refractivity contribution in [3.8, 4) is 0 Å². The van der Waals surface area contributed by atoms with E-state index in [4.69, 9.17) is 11.6 Å². The lowest BCUT2D eigenvalue weighted by Crippen LogP contribution is -2.29. The number of carbonyl (C=O) groups is 2. The van der Waals surface area contributed by atoms with E-state index in [-0.39, 0.29) is 0 Å². The van der Waals surface area contributed by atoms with E-state index in [1.807, 2.05) is 0 Å². The van der Waals surface area contributed by atoms with Crippen LogP contribution in [0.4, 0.5) is 0 Å². The fourth-order valence-electron chi connectivity index (χ4n) is 1.46. The lowest BCUT2D eigenvalue weighted by molar-refractivity contribution is -0.176. The van der Waals surface area contributed by atoms with Crippen LogP contribution in [-0.2, 0) is 14.4 Å². The highest BCUT2D eigenvalue weighted by atomic mass is 35.5. The molecule has 1 heterocycles. The van der Waals surface area contributed by atoms with Gasteiger partial charge < -0.3 is 0 Å². The van der Waals surface area contributed by atoms with E-state index >= 15 is 0 Å². The fourth-order valence-corrected chi connectivity index (χ4v) is 1.59. The van der Waals surface area contributed by atoms with E-state index < -0.39 is 11.8 Å². The topological polar surface area (TPSA) is 46.6 Å². The van der Waals surface area contributed by atoms with Crippen LogP contribution >= 0.6 is 11.6 Å². The summed E-state index contributed by atoms with van der Waals surface area (Å²) in [7, 11) is 1.27. The molecular weight excluding hydrogens is 230 g/mol. The SMILES string of the molecule is CON1C(=O)C=C(c2ccc(Cl)cc2)C1=O. The number of imide groups is 1. The van der Waals surface area contributed by atoms with Crippen LogP contribution in [-0.4, -0.2) is 24.0 Å². The van der Waals surface area contributed by atoms with Crippen molar-refractivity contribution >= 4 is 29.0 Å². The summed E-state index contributed by atoms with van der Waals surface area (Å²) >= 11 is 5.73. The van der Waals surface area contributed by atoms with Gasteiger partial charge in [-0.25, -0.2) is 0 Å². The Balaban J connectivity index is 2.36. The Morgan fingerprint density at radius 2 is 1.81 bits per heavy atom. The van der Waals surface area contributed by atoms with E-state index in [1.54, 1.807) is 24.3 Å². The lowest BCUT2D eigenvalue weighted by atomic mass is 10.1. The second kappa shape index (κ2) is 4.08. The maximum absolute atomic E-state index is 11.7. The first-order valence-corrected chi connectivity index (χ1v) is 4.91. The number of carbonyl (C=O) groups excluding carboxylic acids is 2. The van der Waals surface area contributed by atoms with E-state index in [1.165, 1.54) is 13.2 Å². The summed E-state index contributed by atoms with van der Waals surface area (Å²) in [5.74, 6) is -0.938. The smallest absolute Gasteiger partial charge is 0.267 e. The first-order chi connectivity index (χ1) is 7.63. The largest absolute Gasteiger partial charge is 0.285 e. The molecule has 0 fully saturated rings. The molecule has 5 heteroatoms. The molecule has 82 valence electrons. The molecule has 0 bridgehead atoms. The third-order valence-corrected chi connectivity index (χ3v) is 2.47. The summed E-state index contributed by atoms with van der Waals surface area (Å²) in [5, 5.41) is 1.29. The van der Waals surface area contributed by atoms with Gasteiger partial charge in [-0.15, -0.1) is 5.06 Å². The van der Waals surface area contributed by atoms with Gasteiger partial charge in [-0.1, -0.05) is 23.7 Å². The summed E-state index contributed by atoms with van der Waals surface area (Å²) in [6, 6.07) is 6.67. The first kappa shape index (κ1) is 10.9. The highest BCUT2D eigenvalue weighted by molar-refractivity contribution is 6.33. The Kier molecular flexibility index (Phi) is 2.77. The van der Waals surface area contributed by atoms with Crippen LogP contribution in [0.1, 0.15) is 5.56 Å². The maximum atomic E-state index is 11.7. The summed E-state index contributed by atoms with van der Waals surface area (Å²) in [5.41, 5.74) is 0.950. The summed E-state index contributed by atoms with van der Waals surface area (Å²) in [6.45, 7) is 0. The van der Waals surface area contributed by atoms with E-state index in [9.17, 15) is 9.59 Å². The van der Waals surface area contributed by atoms with Crippen molar-refractivity contribution in [2.75, 3.05) is 7.11 Å². The van der Waals surface area contributed by atoms with Crippen molar-refractivity contribution < 1.29 is 14.4 Å². The molecule has 0 atom stereocenters. The van der Waals surface area contributed by atoms with Crippen LogP contribution in [0.2, 0.25) is 5.02 Å². The molecule has 0 aliphatic carbocycles. The molecule has 16 heavy (non-hydrogen) atoms. The van der Waals surface area contributed by atoms with E-state index in [0.717, 1.165) is 0 Å². The highest BCUT2D eigenvalue weighted by Crippen LogP contribution is 2.24. The van der Waals surface area contributed by atoms with Gasteiger partial charge in [-0.2, -0.15) is 0 Å². The average Bonchev–Trinajstić information content (AvgIpc) is 2.55. The van der Waals surface area contributed by atoms with Gasteiger partial charge in [0.25, 0.3) is 11.8 Å². The number of hydrogen-bond acceptors (Lipinski definition) is 3. The molecule has 0 spiro atoms. The van der Waals surface area contributed by atoms with Crippen molar-refractivity contribution in [3.05, 3.63) is 40.9 Å². The zero-order valence-electron chi connectivity index (χ0n) is 8.44. The van der Waals surface area contributed by atoms with Crippen LogP contribution in [0.5, 0.6) is 0 Å². The Bertz CT molecular complexity index is 479. The van der Waals surface area contributed by atoms with Gasteiger partial charge in [0.2, 0.25) is 0 Å². The lowest BCUT2D eigenvalue weighted by Gasteiger charge is -2.10. The number of halogens is 1. The Morgan fingerprint density at radius 1 is 1.19 bits per heavy atom. The standard InChI is InChI=1S/C11H8ClNO3/c1-16-13-10(14)6-9(11(13)15)7-2-4-8(12)5-3-7/h2-6H,1H3. The highest BCUT2D eigenvalue weighted by Gasteiger charge is 2.32. The van der Waals surface area contributed by atoms with Crippen LogP contribution in [0.3, 0.4) is 0 Å². The minimum atomic E-state index is -0.475. The van der Waals surface area contributed by atoms with Crippen molar-refractivity contribution in [2.24, 2.45) is 0 Å². The van der Waals surface area contributed by atoms with Gasteiger partial charge in [0.15, 0.2) is 0 Å². The van der Waals surface area contributed by atoms with Crippen LogP contribution in [0.15, 0.2) is 30.3 Å². The molecule has 0 saturated heterocycles. The molecule has 0 N–H and O–H groups in total. The van der Waals surface area contributed by atoms with Crippen LogP contribution < -0.4 is 0 Å². The quantitative estimate of drug-likeness (QED) is 0.735. The minimum Gasteiger partial charge on any atom is -0.267 e. The van der Waals surface area contributed by atoms with E-state index in [2.05, 4.69) is 4.84 Å². The molecule has 2 amide bonds. The maximum Gasteiger partial charge on any atom is 0.285 e. The van der Waals surface area contributed by atoms with Gasteiger partial charge in [0.05, 0.1) is 12.7 Å². The molecular formula is C11H8ClNO3. The third kappa shape index (κ3) is 1.73.